The number of hydrogen-bond donors (Lipinski definition) is 1. The summed E-state index contributed by atoms with van der Waals surface area (Å²) in [5.74, 6) is 0.241. The summed E-state index contributed by atoms with van der Waals surface area (Å²) in [4.78, 5) is 4.08. The van der Waals surface area contributed by atoms with Crippen molar-refractivity contribution in [2.75, 3.05) is 18.8 Å². The summed E-state index contributed by atoms with van der Waals surface area (Å²) in [5, 5.41) is 2.79. The van der Waals surface area contributed by atoms with Crippen LogP contribution in [0.15, 0.2) is 12.5 Å². The van der Waals surface area contributed by atoms with Gasteiger partial charge in [-0.25, -0.2) is 13.4 Å². The van der Waals surface area contributed by atoms with Crippen LogP contribution in [0.5, 0.6) is 0 Å². The average molecular weight is 229 g/mol. The molecule has 0 bridgehead atoms. The van der Waals surface area contributed by atoms with Gasteiger partial charge in [0, 0.05) is 25.8 Å². The SMILES string of the molecule is Cc1cn(C[C@H]2CNCCS2(=O)=O)cn1. The molecule has 1 fully saturated rings. The van der Waals surface area contributed by atoms with E-state index in [2.05, 4.69) is 10.3 Å². The molecule has 1 aromatic rings. The number of nitrogens with zero attached hydrogens (tertiary/aromatic N) is 2. The smallest absolute Gasteiger partial charge is 0.157 e. The van der Waals surface area contributed by atoms with Crippen molar-refractivity contribution in [2.24, 2.45) is 0 Å². The number of hydrogen-bond acceptors (Lipinski definition) is 4. The van der Waals surface area contributed by atoms with Crippen molar-refractivity contribution >= 4 is 9.84 Å². The van der Waals surface area contributed by atoms with Crippen molar-refractivity contribution in [1.82, 2.24) is 14.9 Å². The van der Waals surface area contributed by atoms with Crippen molar-refractivity contribution in [3.63, 3.8) is 0 Å². The molecule has 1 aliphatic heterocycles. The number of aromatic nitrogens is 2. The van der Waals surface area contributed by atoms with Crippen LogP contribution in [0.4, 0.5) is 0 Å². The zero-order valence-electron chi connectivity index (χ0n) is 8.68. The van der Waals surface area contributed by atoms with Crippen molar-refractivity contribution in [3.05, 3.63) is 18.2 Å². The van der Waals surface area contributed by atoms with Gasteiger partial charge in [-0.3, -0.25) is 0 Å². The summed E-state index contributed by atoms with van der Waals surface area (Å²) in [6, 6.07) is 0. The molecule has 15 heavy (non-hydrogen) atoms. The number of imidazole rings is 1. The minimum absolute atomic E-state index is 0.241. The van der Waals surface area contributed by atoms with Crippen LogP contribution in [0.2, 0.25) is 0 Å². The molecule has 6 heteroatoms. The Hall–Kier alpha value is -0.880. The first-order chi connectivity index (χ1) is 7.08. The zero-order chi connectivity index (χ0) is 10.9. The minimum Gasteiger partial charge on any atom is -0.336 e. The first kappa shape index (κ1) is 10.6. The molecule has 2 heterocycles. The highest BCUT2D eigenvalue weighted by molar-refractivity contribution is 7.92. The molecule has 1 N–H and O–H groups in total. The normalized spacial score (nSPS) is 25.3. The first-order valence-corrected chi connectivity index (χ1v) is 6.70. The van der Waals surface area contributed by atoms with E-state index in [0.717, 1.165) is 5.69 Å². The Balaban J connectivity index is 2.11. The van der Waals surface area contributed by atoms with Crippen LogP contribution < -0.4 is 5.32 Å². The molecule has 1 atom stereocenters. The molecule has 5 nitrogen and oxygen atoms in total. The summed E-state index contributed by atoms with van der Waals surface area (Å²) in [5.41, 5.74) is 0.913. The molecule has 1 aromatic heterocycles. The maximum atomic E-state index is 11.7. The Labute approximate surface area is 89.4 Å². The Kier molecular flexibility index (Phi) is 2.79. The van der Waals surface area contributed by atoms with E-state index in [1.165, 1.54) is 0 Å². The van der Waals surface area contributed by atoms with Gasteiger partial charge in [-0.1, -0.05) is 0 Å². The second-order valence-electron chi connectivity index (χ2n) is 3.90. The van der Waals surface area contributed by atoms with Crippen molar-refractivity contribution in [3.8, 4) is 0 Å². The van der Waals surface area contributed by atoms with Crippen LogP contribution in [-0.4, -0.2) is 42.1 Å². The molecule has 0 amide bonds. The highest BCUT2D eigenvalue weighted by Crippen LogP contribution is 2.09. The maximum Gasteiger partial charge on any atom is 0.157 e. The van der Waals surface area contributed by atoms with Gasteiger partial charge in [0.05, 0.1) is 23.0 Å². The molecular formula is C9H15N3O2S. The van der Waals surface area contributed by atoms with Crippen LogP contribution >= 0.6 is 0 Å². The monoisotopic (exact) mass is 229 g/mol. The van der Waals surface area contributed by atoms with E-state index >= 15 is 0 Å². The van der Waals surface area contributed by atoms with Gasteiger partial charge >= 0.3 is 0 Å². The number of aryl methyl sites for hydroxylation is 1. The lowest BCUT2D eigenvalue weighted by Gasteiger charge is -2.23. The third-order valence-electron chi connectivity index (χ3n) is 2.62. The minimum atomic E-state index is -2.92. The average Bonchev–Trinajstić information content (AvgIpc) is 2.55. The fraction of sp³-hybridized carbons (Fsp3) is 0.667. The highest BCUT2D eigenvalue weighted by Gasteiger charge is 2.28. The molecule has 0 unspecified atom stereocenters. The lowest BCUT2D eigenvalue weighted by molar-refractivity contribution is 0.516. The Morgan fingerprint density at radius 1 is 1.67 bits per heavy atom. The van der Waals surface area contributed by atoms with E-state index in [1.54, 1.807) is 6.33 Å². The van der Waals surface area contributed by atoms with Crippen molar-refractivity contribution < 1.29 is 8.42 Å². The van der Waals surface area contributed by atoms with Crippen molar-refractivity contribution in [2.45, 2.75) is 18.7 Å². The van der Waals surface area contributed by atoms with Crippen LogP contribution in [0, 0.1) is 6.92 Å². The second kappa shape index (κ2) is 3.94. The fourth-order valence-corrected chi connectivity index (χ4v) is 3.29. The van der Waals surface area contributed by atoms with Gasteiger partial charge in [-0.05, 0) is 6.92 Å². The molecule has 2 rings (SSSR count). The van der Waals surface area contributed by atoms with Crippen molar-refractivity contribution in [1.29, 1.82) is 0 Å². The highest BCUT2D eigenvalue weighted by atomic mass is 32.2. The number of sulfone groups is 1. The number of rotatable bonds is 2. The van der Waals surface area contributed by atoms with Crippen LogP contribution in [0.1, 0.15) is 5.69 Å². The third kappa shape index (κ3) is 2.38. The zero-order valence-corrected chi connectivity index (χ0v) is 9.50. The van der Waals surface area contributed by atoms with E-state index in [0.29, 0.717) is 19.6 Å². The molecule has 1 saturated heterocycles. The summed E-state index contributed by atoms with van der Waals surface area (Å²) >= 11 is 0. The Morgan fingerprint density at radius 3 is 3.07 bits per heavy atom. The van der Waals surface area contributed by atoms with Gasteiger partial charge in [0.2, 0.25) is 0 Å². The van der Waals surface area contributed by atoms with E-state index in [1.807, 2.05) is 17.7 Å². The first-order valence-electron chi connectivity index (χ1n) is 4.98. The predicted molar refractivity (Wildman–Crippen MR) is 57.4 cm³/mol. The summed E-state index contributed by atoms with van der Waals surface area (Å²) in [6.45, 7) is 3.50. The summed E-state index contributed by atoms with van der Waals surface area (Å²) in [6.07, 6.45) is 3.55. The summed E-state index contributed by atoms with van der Waals surface area (Å²) in [7, 11) is -2.92. The fourth-order valence-electron chi connectivity index (χ4n) is 1.76. The standard InChI is InChI=1S/C9H15N3O2S/c1-8-5-12(7-11-8)6-9-4-10-2-3-15(9,13)14/h5,7,9-10H,2-4,6H2,1H3/t9-/m1/s1. The molecule has 0 radical (unpaired) electrons. The van der Waals surface area contributed by atoms with E-state index in [9.17, 15) is 8.42 Å². The van der Waals surface area contributed by atoms with E-state index < -0.39 is 9.84 Å². The molecule has 1 aliphatic rings. The largest absolute Gasteiger partial charge is 0.336 e. The maximum absolute atomic E-state index is 11.7. The van der Waals surface area contributed by atoms with Crippen LogP contribution in [0.25, 0.3) is 0 Å². The molecule has 0 aromatic carbocycles. The molecular weight excluding hydrogens is 214 g/mol. The third-order valence-corrected chi connectivity index (χ3v) is 4.72. The van der Waals surface area contributed by atoms with E-state index in [-0.39, 0.29) is 11.0 Å². The van der Waals surface area contributed by atoms with Gasteiger partial charge in [-0.15, -0.1) is 0 Å². The van der Waals surface area contributed by atoms with Crippen LogP contribution in [0.3, 0.4) is 0 Å². The number of nitrogens with one attached hydrogen (secondary N) is 1. The molecule has 0 spiro atoms. The van der Waals surface area contributed by atoms with Gasteiger partial charge < -0.3 is 9.88 Å². The lowest BCUT2D eigenvalue weighted by atomic mass is 10.4. The molecule has 0 saturated carbocycles. The van der Waals surface area contributed by atoms with Gasteiger partial charge in [-0.2, -0.15) is 0 Å². The van der Waals surface area contributed by atoms with Gasteiger partial charge in [0.1, 0.15) is 0 Å². The van der Waals surface area contributed by atoms with Gasteiger partial charge in [0.15, 0.2) is 9.84 Å². The lowest BCUT2D eigenvalue weighted by Crippen LogP contribution is -2.45. The Bertz CT molecular complexity index is 438. The van der Waals surface area contributed by atoms with E-state index in [4.69, 9.17) is 0 Å². The summed E-state index contributed by atoms with van der Waals surface area (Å²) < 4.78 is 25.3. The Morgan fingerprint density at radius 2 is 2.47 bits per heavy atom. The predicted octanol–water partition coefficient (Wildman–Crippen LogP) is -0.422. The van der Waals surface area contributed by atoms with Crippen LogP contribution in [-0.2, 0) is 16.4 Å². The topological polar surface area (TPSA) is 64.0 Å². The molecule has 84 valence electrons. The van der Waals surface area contributed by atoms with Gasteiger partial charge in [0.25, 0.3) is 0 Å². The second-order valence-corrected chi connectivity index (χ2v) is 6.31. The quantitative estimate of drug-likeness (QED) is 0.748. The molecule has 0 aliphatic carbocycles.